The van der Waals surface area contributed by atoms with Crippen molar-refractivity contribution in [2.45, 2.75) is 13.3 Å². The van der Waals surface area contributed by atoms with Gasteiger partial charge in [0.05, 0.1) is 19.1 Å². The molecule has 3 aromatic rings. The van der Waals surface area contributed by atoms with E-state index in [0.29, 0.717) is 41.8 Å². The molecule has 1 amide bonds. The van der Waals surface area contributed by atoms with E-state index in [0.717, 1.165) is 10.4 Å². The second-order valence-electron chi connectivity index (χ2n) is 5.60. The lowest BCUT2D eigenvalue weighted by atomic mass is 10.1. The minimum absolute atomic E-state index is 0.241. The first-order chi connectivity index (χ1) is 12.6. The highest BCUT2D eigenvalue weighted by molar-refractivity contribution is 7.13. The molecule has 26 heavy (non-hydrogen) atoms. The van der Waals surface area contributed by atoms with Crippen LogP contribution >= 0.6 is 11.3 Å². The lowest BCUT2D eigenvalue weighted by Gasteiger charge is -2.10. The Morgan fingerprint density at radius 1 is 1.23 bits per heavy atom. The molecule has 7 heteroatoms. The van der Waals surface area contributed by atoms with Crippen molar-refractivity contribution in [2.24, 2.45) is 0 Å². The zero-order chi connectivity index (χ0) is 18.5. The van der Waals surface area contributed by atoms with E-state index < -0.39 is 0 Å². The summed E-state index contributed by atoms with van der Waals surface area (Å²) in [5.74, 6) is 2.10. The second kappa shape index (κ2) is 8.05. The van der Waals surface area contributed by atoms with Crippen molar-refractivity contribution in [1.29, 1.82) is 0 Å². The Morgan fingerprint density at radius 2 is 2.04 bits per heavy atom. The molecule has 0 aliphatic rings. The molecule has 2 aromatic heterocycles. The van der Waals surface area contributed by atoms with E-state index in [1.165, 1.54) is 11.3 Å². The Morgan fingerprint density at radius 3 is 2.73 bits per heavy atom. The van der Waals surface area contributed by atoms with Crippen LogP contribution in [0.2, 0.25) is 0 Å². The summed E-state index contributed by atoms with van der Waals surface area (Å²) >= 11 is 1.52. The Labute approximate surface area is 155 Å². The first-order valence-corrected chi connectivity index (χ1v) is 9.00. The summed E-state index contributed by atoms with van der Waals surface area (Å²) in [7, 11) is 3.20. The van der Waals surface area contributed by atoms with Gasteiger partial charge in [0.2, 0.25) is 5.89 Å². The Bertz CT molecular complexity index is 887. The fourth-order valence-corrected chi connectivity index (χ4v) is 3.20. The SMILES string of the molecule is COc1ccc(CCNC(=O)c2nc(-c3cccs3)oc2C)cc1OC. The lowest BCUT2D eigenvalue weighted by molar-refractivity contribution is 0.0948. The highest BCUT2D eigenvalue weighted by atomic mass is 32.1. The molecule has 0 fully saturated rings. The van der Waals surface area contributed by atoms with Gasteiger partial charge in [-0.25, -0.2) is 4.98 Å². The Kier molecular flexibility index (Phi) is 5.58. The molecule has 1 aromatic carbocycles. The number of aryl methyl sites for hydroxylation is 1. The van der Waals surface area contributed by atoms with Gasteiger partial charge in [-0.1, -0.05) is 12.1 Å². The van der Waals surface area contributed by atoms with Gasteiger partial charge in [0, 0.05) is 6.54 Å². The fraction of sp³-hybridized carbons (Fsp3) is 0.263. The lowest BCUT2D eigenvalue weighted by Crippen LogP contribution is -2.26. The maximum absolute atomic E-state index is 12.4. The predicted molar refractivity (Wildman–Crippen MR) is 100 cm³/mol. The van der Waals surface area contributed by atoms with Gasteiger partial charge in [0.15, 0.2) is 17.2 Å². The summed E-state index contributed by atoms with van der Waals surface area (Å²) in [6.07, 6.45) is 0.667. The zero-order valence-electron chi connectivity index (χ0n) is 14.9. The van der Waals surface area contributed by atoms with Crippen molar-refractivity contribution in [3.63, 3.8) is 0 Å². The summed E-state index contributed by atoms with van der Waals surface area (Å²) in [6, 6.07) is 9.53. The predicted octanol–water partition coefficient (Wildman–Crippen LogP) is 3.70. The molecule has 0 saturated carbocycles. The van der Waals surface area contributed by atoms with Crippen LogP contribution < -0.4 is 14.8 Å². The molecule has 0 atom stereocenters. The van der Waals surface area contributed by atoms with Gasteiger partial charge in [-0.3, -0.25) is 4.79 Å². The molecule has 0 aliphatic heterocycles. The van der Waals surface area contributed by atoms with E-state index in [1.54, 1.807) is 21.1 Å². The summed E-state index contributed by atoms with van der Waals surface area (Å²) in [5.41, 5.74) is 1.36. The van der Waals surface area contributed by atoms with Gasteiger partial charge < -0.3 is 19.2 Å². The van der Waals surface area contributed by atoms with Crippen LogP contribution in [0, 0.1) is 6.92 Å². The monoisotopic (exact) mass is 372 g/mol. The van der Waals surface area contributed by atoms with Crippen LogP contribution in [0.3, 0.4) is 0 Å². The van der Waals surface area contributed by atoms with Gasteiger partial charge >= 0.3 is 0 Å². The number of thiophene rings is 1. The van der Waals surface area contributed by atoms with Gasteiger partial charge in [0.1, 0.15) is 5.76 Å². The van der Waals surface area contributed by atoms with Gasteiger partial charge in [0.25, 0.3) is 5.91 Å². The molecular weight excluding hydrogens is 352 g/mol. The fourth-order valence-electron chi connectivity index (χ4n) is 2.55. The number of amides is 1. The van der Waals surface area contributed by atoms with Gasteiger partial charge in [-0.15, -0.1) is 11.3 Å². The summed E-state index contributed by atoms with van der Waals surface area (Å²) in [5, 5.41) is 4.83. The smallest absolute Gasteiger partial charge is 0.273 e. The van der Waals surface area contributed by atoms with Crippen molar-refractivity contribution in [3.8, 4) is 22.3 Å². The van der Waals surface area contributed by atoms with E-state index >= 15 is 0 Å². The number of benzene rings is 1. The molecule has 136 valence electrons. The van der Waals surface area contributed by atoms with E-state index in [2.05, 4.69) is 10.3 Å². The number of hydrogen-bond donors (Lipinski definition) is 1. The summed E-state index contributed by atoms with van der Waals surface area (Å²) in [4.78, 5) is 17.6. The topological polar surface area (TPSA) is 73.6 Å². The maximum atomic E-state index is 12.4. The molecule has 0 aliphatic carbocycles. The van der Waals surface area contributed by atoms with Crippen LogP contribution in [0.25, 0.3) is 10.8 Å². The molecule has 1 N–H and O–H groups in total. The van der Waals surface area contributed by atoms with Crippen LogP contribution in [0.4, 0.5) is 0 Å². The van der Waals surface area contributed by atoms with Crippen LogP contribution in [0.1, 0.15) is 21.8 Å². The highest BCUT2D eigenvalue weighted by Crippen LogP contribution is 2.28. The van der Waals surface area contributed by atoms with E-state index in [-0.39, 0.29) is 5.91 Å². The van der Waals surface area contributed by atoms with E-state index in [1.807, 2.05) is 35.7 Å². The largest absolute Gasteiger partial charge is 0.493 e. The van der Waals surface area contributed by atoms with Crippen LogP contribution in [0.15, 0.2) is 40.1 Å². The van der Waals surface area contributed by atoms with Crippen molar-refractivity contribution < 1.29 is 18.7 Å². The minimum Gasteiger partial charge on any atom is -0.493 e. The molecule has 6 nitrogen and oxygen atoms in total. The number of carbonyl (C=O) groups excluding carboxylic acids is 1. The van der Waals surface area contributed by atoms with Crippen LogP contribution in [-0.4, -0.2) is 31.7 Å². The quantitative estimate of drug-likeness (QED) is 0.684. The molecule has 0 spiro atoms. The van der Waals surface area contributed by atoms with Gasteiger partial charge in [-0.2, -0.15) is 0 Å². The normalized spacial score (nSPS) is 10.6. The third-order valence-corrected chi connectivity index (χ3v) is 4.75. The van der Waals surface area contributed by atoms with Crippen molar-refractivity contribution in [2.75, 3.05) is 20.8 Å². The minimum atomic E-state index is -0.241. The van der Waals surface area contributed by atoms with Crippen molar-refractivity contribution in [1.82, 2.24) is 10.3 Å². The molecule has 0 radical (unpaired) electrons. The molecule has 0 saturated heterocycles. The number of nitrogens with zero attached hydrogens (tertiary/aromatic N) is 1. The summed E-state index contributed by atoms with van der Waals surface area (Å²) < 4.78 is 16.1. The number of oxazole rings is 1. The first kappa shape index (κ1) is 18.0. The van der Waals surface area contributed by atoms with Gasteiger partial charge in [-0.05, 0) is 42.5 Å². The summed E-state index contributed by atoms with van der Waals surface area (Å²) in [6.45, 7) is 2.22. The highest BCUT2D eigenvalue weighted by Gasteiger charge is 2.18. The molecule has 0 bridgehead atoms. The third kappa shape index (κ3) is 3.88. The number of ether oxygens (including phenoxy) is 2. The zero-order valence-corrected chi connectivity index (χ0v) is 15.7. The maximum Gasteiger partial charge on any atom is 0.273 e. The molecule has 3 rings (SSSR count). The van der Waals surface area contributed by atoms with Crippen LogP contribution in [-0.2, 0) is 6.42 Å². The standard InChI is InChI=1S/C19H20N2O4S/c1-12-17(21-19(25-12)16-5-4-10-26-16)18(22)20-9-8-13-6-7-14(23-2)15(11-13)24-3/h4-7,10-11H,8-9H2,1-3H3,(H,20,22). The second-order valence-corrected chi connectivity index (χ2v) is 6.54. The Balaban J connectivity index is 1.61. The Hall–Kier alpha value is -2.80. The van der Waals surface area contributed by atoms with Crippen molar-refractivity contribution >= 4 is 17.2 Å². The molecule has 0 unspecified atom stereocenters. The molecule has 2 heterocycles. The average molecular weight is 372 g/mol. The number of hydrogen-bond acceptors (Lipinski definition) is 6. The number of carbonyl (C=O) groups is 1. The third-order valence-electron chi connectivity index (χ3n) is 3.89. The van der Waals surface area contributed by atoms with Crippen LogP contribution in [0.5, 0.6) is 11.5 Å². The first-order valence-electron chi connectivity index (χ1n) is 8.12. The van der Waals surface area contributed by atoms with Crippen molar-refractivity contribution in [3.05, 3.63) is 52.7 Å². The number of rotatable bonds is 7. The number of nitrogens with one attached hydrogen (secondary N) is 1. The molecular formula is C19H20N2O4S. The van der Waals surface area contributed by atoms with E-state index in [4.69, 9.17) is 13.9 Å². The number of methoxy groups -OCH3 is 2. The van der Waals surface area contributed by atoms with E-state index in [9.17, 15) is 4.79 Å². The number of aromatic nitrogens is 1. The average Bonchev–Trinajstić information content (AvgIpc) is 3.31.